The van der Waals surface area contributed by atoms with Crippen LogP contribution in [0.3, 0.4) is 0 Å². The van der Waals surface area contributed by atoms with Gasteiger partial charge in [0.1, 0.15) is 11.5 Å². The summed E-state index contributed by atoms with van der Waals surface area (Å²) in [5.41, 5.74) is 1.79. The lowest BCUT2D eigenvalue weighted by atomic mass is 10.0. The minimum Gasteiger partial charge on any atom is -0.507 e. The number of aromatic hydroxyl groups is 1. The van der Waals surface area contributed by atoms with Crippen LogP contribution in [0.15, 0.2) is 36.1 Å². The number of ether oxygens (including phenoxy) is 1. The number of rotatable bonds is 3. The Morgan fingerprint density at radius 1 is 1.07 bits per heavy atom. The molecular formula is C22H21Cl2NO3. The molecule has 28 heavy (non-hydrogen) atoms. The molecule has 2 aliphatic heterocycles. The first kappa shape index (κ1) is 19.3. The zero-order valence-corrected chi connectivity index (χ0v) is 16.9. The maximum atomic E-state index is 12.8. The highest BCUT2D eigenvalue weighted by Gasteiger charge is 2.32. The van der Waals surface area contributed by atoms with Crippen LogP contribution in [0, 0.1) is 0 Å². The van der Waals surface area contributed by atoms with Gasteiger partial charge in [0.2, 0.25) is 5.78 Å². The van der Waals surface area contributed by atoms with Gasteiger partial charge in [0.05, 0.1) is 11.1 Å². The Morgan fingerprint density at radius 2 is 1.82 bits per heavy atom. The van der Waals surface area contributed by atoms with Crippen molar-refractivity contribution in [2.75, 3.05) is 13.1 Å². The number of carbonyl (C=O) groups is 1. The van der Waals surface area contributed by atoms with E-state index in [1.165, 1.54) is 12.8 Å². The van der Waals surface area contributed by atoms with Crippen LogP contribution in [-0.2, 0) is 6.54 Å². The molecule has 0 spiro atoms. The molecule has 146 valence electrons. The number of allylic oxidation sites excluding steroid dienone is 1. The summed E-state index contributed by atoms with van der Waals surface area (Å²) in [4.78, 5) is 15.1. The summed E-state index contributed by atoms with van der Waals surface area (Å²) >= 11 is 12.2. The third-order valence-electron chi connectivity index (χ3n) is 5.25. The second kappa shape index (κ2) is 8.16. The Kier molecular flexibility index (Phi) is 5.63. The third-order valence-corrected chi connectivity index (χ3v) is 5.81. The molecule has 0 unspecified atom stereocenters. The Labute approximate surface area is 174 Å². The van der Waals surface area contributed by atoms with Crippen molar-refractivity contribution < 1.29 is 14.6 Å². The van der Waals surface area contributed by atoms with Crippen molar-refractivity contribution in [1.29, 1.82) is 0 Å². The Balaban J connectivity index is 1.65. The zero-order valence-electron chi connectivity index (χ0n) is 15.4. The average Bonchev–Trinajstić information content (AvgIpc) is 2.84. The largest absolute Gasteiger partial charge is 0.507 e. The molecule has 2 heterocycles. The van der Waals surface area contributed by atoms with E-state index in [0.717, 1.165) is 25.9 Å². The van der Waals surface area contributed by atoms with E-state index in [0.29, 0.717) is 39.0 Å². The van der Waals surface area contributed by atoms with E-state index < -0.39 is 0 Å². The van der Waals surface area contributed by atoms with Crippen LogP contribution >= 0.6 is 23.2 Å². The summed E-state index contributed by atoms with van der Waals surface area (Å²) in [6.07, 6.45) is 6.39. The van der Waals surface area contributed by atoms with Gasteiger partial charge in [-0.1, -0.05) is 42.1 Å². The highest BCUT2D eigenvalue weighted by molar-refractivity contribution is 6.35. The number of Topliss-reactive ketones (excluding diaryl/α,β-unsaturated/α-hetero) is 1. The van der Waals surface area contributed by atoms with Gasteiger partial charge < -0.3 is 9.84 Å². The molecule has 1 N–H and O–H groups in total. The van der Waals surface area contributed by atoms with Crippen molar-refractivity contribution in [2.45, 2.75) is 32.2 Å². The van der Waals surface area contributed by atoms with E-state index in [-0.39, 0.29) is 17.3 Å². The van der Waals surface area contributed by atoms with Gasteiger partial charge in [-0.3, -0.25) is 9.69 Å². The summed E-state index contributed by atoms with van der Waals surface area (Å²) in [6.45, 7) is 2.54. The quantitative estimate of drug-likeness (QED) is 0.651. The molecule has 2 aliphatic rings. The SMILES string of the molecule is O=C1/C(=C/c2ccc(Cl)cc2Cl)Oc2c1ccc(O)c2CN1CCCCCC1. The lowest BCUT2D eigenvalue weighted by molar-refractivity contribution is 0.101. The number of phenolic OH excluding ortho intramolecular Hbond substituents is 1. The molecule has 0 atom stereocenters. The fourth-order valence-electron chi connectivity index (χ4n) is 3.73. The number of hydrogen-bond acceptors (Lipinski definition) is 4. The lowest BCUT2D eigenvalue weighted by Crippen LogP contribution is -2.24. The van der Waals surface area contributed by atoms with Gasteiger partial charge in [0, 0.05) is 16.6 Å². The topological polar surface area (TPSA) is 49.8 Å². The predicted molar refractivity (Wildman–Crippen MR) is 111 cm³/mol. The molecule has 0 bridgehead atoms. The van der Waals surface area contributed by atoms with Crippen LogP contribution in [0.2, 0.25) is 10.0 Å². The minimum absolute atomic E-state index is 0.154. The van der Waals surface area contributed by atoms with E-state index in [2.05, 4.69) is 4.90 Å². The molecule has 0 saturated carbocycles. The van der Waals surface area contributed by atoms with Gasteiger partial charge in [-0.25, -0.2) is 0 Å². The fourth-order valence-corrected chi connectivity index (χ4v) is 4.19. The molecule has 1 fully saturated rings. The van der Waals surface area contributed by atoms with Crippen molar-refractivity contribution in [1.82, 2.24) is 4.90 Å². The normalized spacial score (nSPS) is 18.8. The average molecular weight is 418 g/mol. The number of hydrogen-bond donors (Lipinski definition) is 1. The standard InChI is InChI=1S/C22H21Cl2NO3/c23-15-6-5-14(18(24)12-15)11-20-21(27)16-7-8-19(26)17(22(16)28-20)13-25-9-3-1-2-4-10-25/h5-8,11-12,26H,1-4,9-10,13H2/b20-11-. The molecule has 0 radical (unpaired) electrons. The molecule has 4 nitrogen and oxygen atoms in total. The highest BCUT2D eigenvalue weighted by atomic mass is 35.5. The molecule has 2 aromatic carbocycles. The van der Waals surface area contributed by atoms with Gasteiger partial charge in [0.15, 0.2) is 5.76 Å². The van der Waals surface area contributed by atoms with E-state index in [1.807, 2.05) is 0 Å². The molecular weight excluding hydrogens is 397 g/mol. The molecule has 0 aliphatic carbocycles. The zero-order chi connectivity index (χ0) is 19.7. The van der Waals surface area contributed by atoms with E-state index in [4.69, 9.17) is 27.9 Å². The summed E-state index contributed by atoms with van der Waals surface area (Å²) in [6, 6.07) is 8.27. The third kappa shape index (κ3) is 3.90. The maximum absolute atomic E-state index is 12.8. The highest BCUT2D eigenvalue weighted by Crippen LogP contribution is 2.40. The first-order chi connectivity index (χ1) is 13.5. The molecule has 4 rings (SSSR count). The van der Waals surface area contributed by atoms with Crippen LogP contribution in [-0.4, -0.2) is 28.9 Å². The van der Waals surface area contributed by atoms with Gasteiger partial charge in [-0.15, -0.1) is 0 Å². The molecule has 6 heteroatoms. The number of ketones is 1. The number of likely N-dealkylation sites (tertiary alicyclic amines) is 1. The first-order valence-electron chi connectivity index (χ1n) is 9.49. The number of benzene rings is 2. The van der Waals surface area contributed by atoms with Gasteiger partial charge in [-0.2, -0.15) is 0 Å². The summed E-state index contributed by atoms with van der Waals surface area (Å²) in [7, 11) is 0. The van der Waals surface area contributed by atoms with Crippen molar-refractivity contribution >= 4 is 35.1 Å². The second-order valence-corrected chi connectivity index (χ2v) is 8.08. The van der Waals surface area contributed by atoms with Gasteiger partial charge >= 0.3 is 0 Å². The summed E-state index contributed by atoms with van der Waals surface area (Å²) in [5, 5.41) is 11.4. The van der Waals surface area contributed by atoms with Crippen molar-refractivity contribution in [3.05, 3.63) is 62.8 Å². The Bertz CT molecular complexity index is 947. The van der Waals surface area contributed by atoms with Crippen LogP contribution in [0.4, 0.5) is 0 Å². The smallest absolute Gasteiger partial charge is 0.231 e. The van der Waals surface area contributed by atoms with E-state index >= 15 is 0 Å². The minimum atomic E-state index is -0.210. The number of nitrogens with zero attached hydrogens (tertiary/aromatic N) is 1. The van der Waals surface area contributed by atoms with Crippen molar-refractivity contribution in [3.63, 3.8) is 0 Å². The van der Waals surface area contributed by atoms with Crippen molar-refractivity contribution in [2.24, 2.45) is 0 Å². The summed E-state index contributed by atoms with van der Waals surface area (Å²) < 4.78 is 5.93. The fraction of sp³-hybridized carbons (Fsp3) is 0.318. The van der Waals surface area contributed by atoms with Crippen molar-refractivity contribution in [3.8, 4) is 11.5 Å². The lowest BCUT2D eigenvalue weighted by Gasteiger charge is -2.21. The van der Waals surface area contributed by atoms with Crippen LogP contribution in [0.5, 0.6) is 11.5 Å². The van der Waals surface area contributed by atoms with E-state index in [1.54, 1.807) is 36.4 Å². The van der Waals surface area contributed by atoms with E-state index in [9.17, 15) is 9.90 Å². The molecule has 1 saturated heterocycles. The number of fused-ring (bicyclic) bond motifs is 1. The van der Waals surface area contributed by atoms with Crippen LogP contribution < -0.4 is 4.74 Å². The molecule has 0 amide bonds. The van der Waals surface area contributed by atoms with Crippen LogP contribution in [0.1, 0.15) is 47.2 Å². The van der Waals surface area contributed by atoms with Gasteiger partial charge in [-0.05, 0) is 61.8 Å². The molecule has 0 aromatic heterocycles. The predicted octanol–water partition coefficient (Wildman–Crippen LogP) is 5.69. The Hall–Kier alpha value is -2.01. The van der Waals surface area contributed by atoms with Gasteiger partial charge in [0.25, 0.3) is 0 Å². The first-order valence-corrected chi connectivity index (χ1v) is 10.2. The molecule has 2 aromatic rings. The number of halogens is 2. The number of carbonyl (C=O) groups excluding carboxylic acids is 1. The maximum Gasteiger partial charge on any atom is 0.231 e. The number of phenols is 1. The second-order valence-electron chi connectivity index (χ2n) is 7.24. The summed E-state index contributed by atoms with van der Waals surface area (Å²) in [5.74, 6) is 0.590. The van der Waals surface area contributed by atoms with Crippen LogP contribution in [0.25, 0.3) is 6.08 Å². The Morgan fingerprint density at radius 3 is 2.54 bits per heavy atom. The monoisotopic (exact) mass is 417 g/mol.